The van der Waals surface area contributed by atoms with Crippen molar-refractivity contribution in [2.45, 2.75) is 38.8 Å². The minimum atomic E-state index is -0.545. The first-order valence-electron chi connectivity index (χ1n) is 6.02. The fourth-order valence-corrected chi connectivity index (χ4v) is 2.05. The highest BCUT2D eigenvalue weighted by molar-refractivity contribution is 5.33. The zero-order valence-corrected chi connectivity index (χ0v) is 10.5. The molecule has 3 N–H and O–H groups in total. The van der Waals surface area contributed by atoms with Gasteiger partial charge in [0.15, 0.2) is 0 Å². The maximum atomic E-state index is 9.91. The molecule has 94 valence electrons. The van der Waals surface area contributed by atoms with E-state index in [1.807, 2.05) is 19.9 Å². The summed E-state index contributed by atoms with van der Waals surface area (Å²) in [7, 11) is 0. The van der Waals surface area contributed by atoms with E-state index in [0.717, 1.165) is 43.3 Å². The molecule has 1 aromatic rings. The molecule has 1 aliphatic rings. The van der Waals surface area contributed by atoms with Gasteiger partial charge < -0.3 is 15.7 Å². The van der Waals surface area contributed by atoms with Crippen LogP contribution in [-0.4, -0.2) is 33.8 Å². The van der Waals surface area contributed by atoms with Crippen LogP contribution in [0.25, 0.3) is 0 Å². The Morgan fingerprint density at radius 3 is 2.65 bits per heavy atom. The fourth-order valence-electron chi connectivity index (χ4n) is 2.05. The van der Waals surface area contributed by atoms with Gasteiger partial charge in [-0.1, -0.05) is 0 Å². The molecule has 1 fully saturated rings. The smallest absolute Gasteiger partial charge is 0.225 e. The summed E-state index contributed by atoms with van der Waals surface area (Å²) >= 11 is 0. The summed E-state index contributed by atoms with van der Waals surface area (Å²) in [5, 5.41) is 9.91. The number of anilines is 1. The van der Waals surface area contributed by atoms with E-state index < -0.39 is 5.60 Å². The standard InChI is InChI=1S/C12H20N4O/c1-9-7-10(8-13)15-11(14-9)16-5-3-12(2,17)4-6-16/h7,17H,3-6,8,13H2,1-2H3. The van der Waals surface area contributed by atoms with Crippen molar-refractivity contribution < 1.29 is 5.11 Å². The molecule has 0 unspecified atom stereocenters. The van der Waals surface area contributed by atoms with Crippen LogP contribution in [0, 0.1) is 6.92 Å². The van der Waals surface area contributed by atoms with Gasteiger partial charge in [0.25, 0.3) is 0 Å². The third-order valence-electron chi connectivity index (χ3n) is 3.23. The Balaban J connectivity index is 2.15. The Labute approximate surface area is 102 Å². The average Bonchev–Trinajstić information content (AvgIpc) is 2.28. The minimum Gasteiger partial charge on any atom is -0.390 e. The fraction of sp³-hybridized carbons (Fsp3) is 0.667. The van der Waals surface area contributed by atoms with E-state index >= 15 is 0 Å². The topological polar surface area (TPSA) is 75.3 Å². The Hall–Kier alpha value is -1.20. The van der Waals surface area contributed by atoms with E-state index in [0.29, 0.717) is 6.54 Å². The van der Waals surface area contributed by atoms with Crippen molar-refractivity contribution in [2.75, 3.05) is 18.0 Å². The van der Waals surface area contributed by atoms with E-state index in [9.17, 15) is 5.11 Å². The van der Waals surface area contributed by atoms with Crippen LogP contribution >= 0.6 is 0 Å². The van der Waals surface area contributed by atoms with Gasteiger partial charge in [-0.05, 0) is 32.8 Å². The quantitative estimate of drug-likeness (QED) is 0.786. The molecule has 0 aromatic carbocycles. The van der Waals surface area contributed by atoms with Crippen LogP contribution in [-0.2, 0) is 6.54 Å². The largest absolute Gasteiger partial charge is 0.390 e. The van der Waals surface area contributed by atoms with Gasteiger partial charge in [0.1, 0.15) is 0 Å². The minimum absolute atomic E-state index is 0.432. The zero-order chi connectivity index (χ0) is 12.5. The van der Waals surface area contributed by atoms with Gasteiger partial charge in [-0.25, -0.2) is 9.97 Å². The van der Waals surface area contributed by atoms with Crippen LogP contribution in [0.3, 0.4) is 0 Å². The van der Waals surface area contributed by atoms with E-state index in [2.05, 4.69) is 14.9 Å². The highest BCUT2D eigenvalue weighted by atomic mass is 16.3. The monoisotopic (exact) mass is 236 g/mol. The molecule has 0 saturated carbocycles. The molecule has 0 spiro atoms. The number of aliphatic hydroxyl groups is 1. The summed E-state index contributed by atoms with van der Waals surface area (Å²) in [4.78, 5) is 11.0. The van der Waals surface area contributed by atoms with Crippen LogP contribution in [0.15, 0.2) is 6.07 Å². The second-order valence-corrected chi connectivity index (χ2v) is 4.99. The Bertz CT molecular complexity index is 395. The number of rotatable bonds is 2. The lowest BCUT2D eigenvalue weighted by Crippen LogP contribution is -2.43. The van der Waals surface area contributed by atoms with Gasteiger partial charge in [-0.2, -0.15) is 0 Å². The zero-order valence-electron chi connectivity index (χ0n) is 10.5. The average molecular weight is 236 g/mol. The molecule has 17 heavy (non-hydrogen) atoms. The number of nitrogens with two attached hydrogens (primary N) is 1. The third kappa shape index (κ3) is 2.92. The SMILES string of the molecule is Cc1cc(CN)nc(N2CCC(C)(O)CC2)n1. The molecular weight excluding hydrogens is 216 g/mol. The first-order chi connectivity index (χ1) is 8.00. The number of aryl methyl sites for hydroxylation is 1. The second-order valence-electron chi connectivity index (χ2n) is 4.99. The number of aromatic nitrogens is 2. The van der Waals surface area contributed by atoms with Crippen molar-refractivity contribution in [1.82, 2.24) is 9.97 Å². The van der Waals surface area contributed by atoms with E-state index in [1.54, 1.807) is 0 Å². The second kappa shape index (κ2) is 4.58. The van der Waals surface area contributed by atoms with Crippen molar-refractivity contribution in [3.8, 4) is 0 Å². The molecule has 0 atom stereocenters. The number of nitrogens with zero attached hydrogens (tertiary/aromatic N) is 3. The molecular formula is C12H20N4O. The van der Waals surface area contributed by atoms with Crippen LogP contribution in [0.5, 0.6) is 0 Å². The highest BCUT2D eigenvalue weighted by Gasteiger charge is 2.28. The van der Waals surface area contributed by atoms with Crippen LogP contribution < -0.4 is 10.6 Å². The molecule has 1 aliphatic heterocycles. The lowest BCUT2D eigenvalue weighted by molar-refractivity contribution is 0.0349. The number of hydrogen-bond acceptors (Lipinski definition) is 5. The molecule has 1 saturated heterocycles. The first-order valence-corrected chi connectivity index (χ1v) is 6.02. The number of piperidine rings is 1. The molecule has 0 amide bonds. The molecule has 2 rings (SSSR count). The van der Waals surface area contributed by atoms with Crippen molar-refractivity contribution in [2.24, 2.45) is 5.73 Å². The normalized spacial score (nSPS) is 19.4. The molecule has 0 bridgehead atoms. The molecule has 1 aromatic heterocycles. The summed E-state index contributed by atoms with van der Waals surface area (Å²) in [6.07, 6.45) is 1.50. The van der Waals surface area contributed by atoms with Gasteiger partial charge >= 0.3 is 0 Å². The Morgan fingerprint density at radius 1 is 1.41 bits per heavy atom. The van der Waals surface area contributed by atoms with Crippen molar-refractivity contribution in [3.05, 3.63) is 17.5 Å². The molecule has 0 aliphatic carbocycles. The molecule has 0 radical (unpaired) electrons. The lowest BCUT2D eigenvalue weighted by atomic mass is 9.94. The van der Waals surface area contributed by atoms with Crippen molar-refractivity contribution in [3.63, 3.8) is 0 Å². The van der Waals surface area contributed by atoms with E-state index in [4.69, 9.17) is 5.73 Å². The van der Waals surface area contributed by atoms with Gasteiger partial charge in [0.05, 0.1) is 11.3 Å². The van der Waals surface area contributed by atoms with Crippen LogP contribution in [0.1, 0.15) is 31.2 Å². The predicted octanol–water partition coefficient (Wildman–Crippen LogP) is 0.595. The van der Waals surface area contributed by atoms with Crippen molar-refractivity contribution in [1.29, 1.82) is 0 Å². The van der Waals surface area contributed by atoms with Crippen LogP contribution in [0.2, 0.25) is 0 Å². The van der Waals surface area contributed by atoms with E-state index in [-0.39, 0.29) is 0 Å². The Morgan fingerprint density at radius 2 is 2.06 bits per heavy atom. The summed E-state index contributed by atoms with van der Waals surface area (Å²) in [5.41, 5.74) is 6.87. The summed E-state index contributed by atoms with van der Waals surface area (Å²) in [6, 6.07) is 1.91. The van der Waals surface area contributed by atoms with E-state index in [1.165, 1.54) is 0 Å². The summed E-state index contributed by atoms with van der Waals surface area (Å²) in [6.45, 7) is 5.85. The molecule has 2 heterocycles. The maximum Gasteiger partial charge on any atom is 0.225 e. The Kier molecular flexibility index (Phi) is 3.31. The van der Waals surface area contributed by atoms with Gasteiger partial charge in [-0.15, -0.1) is 0 Å². The summed E-state index contributed by atoms with van der Waals surface area (Å²) in [5.74, 6) is 0.737. The molecule has 5 nitrogen and oxygen atoms in total. The highest BCUT2D eigenvalue weighted by Crippen LogP contribution is 2.23. The third-order valence-corrected chi connectivity index (χ3v) is 3.23. The van der Waals surface area contributed by atoms with Gasteiger partial charge in [0.2, 0.25) is 5.95 Å². The van der Waals surface area contributed by atoms with Gasteiger partial charge in [-0.3, -0.25) is 0 Å². The number of hydrogen-bond donors (Lipinski definition) is 2. The van der Waals surface area contributed by atoms with Crippen molar-refractivity contribution >= 4 is 5.95 Å². The first kappa shape index (κ1) is 12.3. The lowest BCUT2D eigenvalue weighted by Gasteiger charge is -2.35. The predicted molar refractivity (Wildman–Crippen MR) is 66.7 cm³/mol. The van der Waals surface area contributed by atoms with Crippen LogP contribution in [0.4, 0.5) is 5.95 Å². The molecule has 5 heteroatoms. The maximum absolute atomic E-state index is 9.91. The summed E-state index contributed by atoms with van der Waals surface area (Å²) < 4.78 is 0. The van der Waals surface area contributed by atoms with Gasteiger partial charge in [0, 0.05) is 25.3 Å².